The quantitative estimate of drug-likeness (QED) is 0.848. The van der Waals surface area contributed by atoms with Crippen LogP contribution in [0.5, 0.6) is 0 Å². The first-order valence-corrected chi connectivity index (χ1v) is 7.45. The molecule has 3 rings (SSSR count). The van der Waals surface area contributed by atoms with Gasteiger partial charge >= 0.3 is 0 Å². The molecule has 0 aromatic heterocycles. The third kappa shape index (κ3) is 2.86. The predicted molar refractivity (Wildman–Crippen MR) is 82.8 cm³/mol. The molecule has 0 saturated carbocycles. The third-order valence-corrected chi connectivity index (χ3v) is 4.22. The standard InChI is InChI=1S/C16H16BrFN2/c17-14-2-4-16(18)13(7-14)10-20-6-5-11-1-3-15(19)8-12(11)9-20/h1-4,7-8H,5-6,9-10,19H2. The van der Waals surface area contributed by atoms with Crippen LogP contribution in [0, 0.1) is 5.82 Å². The molecule has 1 heterocycles. The molecule has 0 bridgehead atoms. The van der Waals surface area contributed by atoms with E-state index in [0.29, 0.717) is 6.54 Å². The Morgan fingerprint density at radius 3 is 2.85 bits per heavy atom. The van der Waals surface area contributed by atoms with Crippen LogP contribution in [0.2, 0.25) is 0 Å². The van der Waals surface area contributed by atoms with Gasteiger partial charge in [-0.1, -0.05) is 22.0 Å². The topological polar surface area (TPSA) is 29.3 Å². The van der Waals surface area contributed by atoms with Gasteiger partial charge in [-0.2, -0.15) is 0 Å². The summed E-state index contributed by atoms with van der Waals surface area (Å²) < 4.78 is 14.7. The van der Waals surface area contributed by atoms with E-state index in [-0.39, 0.29) is 5.82 Å². The summed E-state index contributed by atoms with van der Waals surface area (Å²) in [6.45, 7) is 2.40. The largest absolute Gasteiger partial charge is 0.399 e. The molecule has 4 heteroatoms. The maximum absolute atomic E-state index is 13.8. The minimum absolute atomic E-state index is 0.147. The van der Waals surface area contributed by atoms with Crippen LogP contribution in [0.25, 0.3) is 0 Å². The van der Waals surface area contributed by atoms with Gasteiger partial charge in [0.1, 0.15) is 5.82 Å². The van der Waals surface area contributed by atoms with Crippen LogP contribution in [0.1, 0.15) is 16.7 Å². The van der Waals surface area contributed by atoms with Gasteiger partial charge in [0.15, 0.2) is 0 Å². The Morgan fingerprint density at radius 1 is 1.15 bits per heavy atom. The smallest absolute Gasteiger partial charge is 0.127 e. The molecule has 1 aliphatic rings. The van der Waals surface area contributed by atoms with Crippen LogP contribution in [-0.2, 0) is 19.5 Å². The zero-order valence-electron chi connectivity index (χ0n) is 11.1. The summed E-state index contributed by atoms with van der Waals surface area (Å²) >= 11 is 3.39. The number of hydrogen-bond donors (Lipinski definition) is 1. The average molecular weight is 335 g/mol. The van der Waals surface area contributed by atoms with Crippen molar-refractivity contribution in [2.75, 3.05) is 12.3 Å². The molecule has 0 spiro atoms. The maximum atomic E-state index is 13.8. The Labute approximate surface area is 126 Å². The second-order valence-electron chi connectivity index (χ2n) is 5.22. The summed E-state index contributed by atoms with van der Waals surface area (Å²) in [5.74, 6) is -0.147. The Bertz CT molecular complexity index is 642. The lowest BCUT2D eigenvalue weighted by Gasteiger charge is -2.29. The minimum atomic E-state index is -0.147. The highest BCUT2D eigenvalue weighted by Gasteiger charge is 2.17. The number of nitrogens with two attached hydrogens (primary N) is 1. The lowest BCUT2D eigenvalue weighted by Crippen LogP contribution is -2.30. The van der Waals surface area contributed by atoms with E-state index in [1.54, 1.807) is 6.07 Å². The van der Waals surface area contributed by atoms with E-state index in [4.69, 9.17) is 5.73 Å². The molecule has 0 fully saturated rings. The van der Waals surface area contributed by atoms with Crippen LogP contribution >= 0.6 is 15.9 Å². The summed E-state index contributed by atoms with van der Waals surface area (Å²) in [6, 6.07) is 11.2. The summed E-state index contributed by atoms with van der Waals surface area (Å²) in [4.78, 5) is 2.26. The number of hydrogen-bond acceptors (Lipinski definition) is 2. The molecule has 20 heavy (non-hydrogen) atoms. The Balaban J connectivity index is 1.78. The SMILES string of the molecule is Nc1ccc2c(c1)CN(Cc1cc(Br)ccc1F)CC2. The molecule has 1 aliphatic heterocycles. The second-order valence-corrected chi connectivity index (χ2v) is 6.14. The van der Waals surface area contributed by atoms with Crippen LogP contribution in [0.4, 0.5) is 10.1 Å². The van der Waals surface area contributed by atoms with E-state index in [9.17, 15) is 4.39 Å². The monoisotopic (exact) mass is 334 g/mol. The molecular weight excluding hydrogens is 319 g/mol. The minimum Gasteiger partial charge on any atom is -0.399 e. The molecule has 0 atom stereocenters. The second kappa shape index (κ2) is 5.54. The van der Waals surface area contributed by atoms with Crippen molar-refractivity contribution in [3.63, 3.8) is 0 Å². The van der Waals surface area contributed by atoms with Crippen molar-refractivity contribution in [2.24, 2.45) is 0 Å². The molecule has 0 aliphatic carbocycles. The first-order chi connectivity index (χ1) is 9.61. The number of halogens is 2. The van der Waals surface area contributed by atoms with E-state index >= 15 is 0 Å². The zero-order chi connectivity index (χ0) is 14.1. The van der Waals surface area contributed by atoms with Crippen LogP contribution in [0.3, 0.4) is 0 Å². The highest BCUT2D eigenvalue weighted by Crippen LogP contribution is 2.24. The highest BCUT2D eigenvalue weighted by atomic mass is 79.9. The number of anilines is 1. The van der Waals surface area contributed by atoms with Gasteiger partial charge in [-0.15, -0.1) is 0 Å². The number of nitrogen functional groups attached to an aromatic ring is 1. The van der Waals surface area contributed by atoms with Crippen LogP contribution in [0.15, 0.2) is 40.9 Å². The van der Waals surface area contributed by atoms with Crippen molar-refractivity contribution in [3.8, 4) is 0 Å². The lowest BCUT2D eigenvalue weighted by molar-refractivity contribution is 0.242. The van der Waals surface area contributed by atoms with E-state index in [1.165, 1.54) is 17.2 Å². The molecular formula is C16H16BrFN2. The van der Waals surface area contributed by atoms with E-state index in [2.05, 4.69) is 26.9 Å². The molecule has 104 valence electrons. The van der Waals surface area contributed by atoms with Crippen molar-refractivity contribution < 1.29 is 4.39 Å². The van der Waals surface area contributed by atoms with Gasteiger partial charge in [0.05, 0.1) is 0 Å². The fourth-order valence-electron chi connectivity index (χ4n) is 2.68. The van der Waals surface area contributed by atoms with Crippen molar-refractivity contribution in [2.45, 2.75) is 19.5 Å². The average Bonchev–Trinajstić information content (AvgIpc) is 2.42. The Morgan fingerprint density at radius 2 is 2.00 bits per heavy atom. The number of nitrogens with zero attached hydrogens (tertiary/aromatic N) is 1. The number of fused-ring (bicyclic) bond motifs is 1. The van der Waals surface area contributed by atoms with Crippen molar-refractivity contribution in [3.05, 3.63) is 63.4 Å². The molecule has 0 radical (unpaired) electrons. The fraction of sp³-hybridized carbons (Fsp3) is 0.250. The Hall–Kier alpha value is -1.39. The highest BCUT2D eigenvalue weighted by molar-refractivity contribution is 9.10. The van der Waals surface area contributed by atoms with Gasteiger partial charge in [0.2, 0.25) is 0 Å². The first kappa shape index (κ1) is 13.6. The van der Waals surface area contributed by atoms with E-state index in [0.717, 1.165) is 35.2 Å². The van der Waals surface area contributed by atoms with Crippen molar-refractivity contribution >= 4 is 21.6 Å². The van der Waals surface area contributed by atoms with Gasteiger partial charge in [0, 0.05) is 35.4 Å². The summed E-state index contributed by atoms with van der Waals surface area (Å²) in [7, 11) is 0. The molecule has 0 amide bonds. The van der Waals surface area contributed by atoms with Gasteiger partial charge in [0.25, 0.3) is 0 Å². The number of benzene rings is 2. The van der Waals surface area contributed by atoms with Gasteiger partial charge in [-0.25, -0.2) is 4.39 Å². The van der Waals surface area contributed by atoms with Crippen LogP contribution in [-0.4, -0.2) is 11.4 Å². The first-order valence-electron chi connectivity index (χ1n) is 6.65. The molecule has 2 aromatic carbocycles. The molecule has 0 unspecified atom stereocenters. The van der Waals surface area contributed by atoms with Crippen molar-refractivity contribution in [1.29, 1.82) is 0 Å². The van der Waals surface area contributed by atoms with Gasteiger partial charge in [-0.3, -0.25) is 4.90 Å². The number of rotatable bonds is 2. The summed E-state index contributed by atoms with van der Waals surface area (Å²) in [5, 5.41) is 0. The molecule has 2 nitrogen and oxygen atoms in total. The van der Waals surface area contributed by atoms with E-state index in [1.807, 2.05) is 18.2 Å². The third-order valence-electron chi connectivity index (χ3n) is 3.72. The zero-order valence-corrected chi connectivity index (χ0v) is 12.7. The van der Waals surface area contributed by atoms with Gasteiger partial charge < -0.3 is 5.73 Å². The molecule has 0 saturated heterocycles. The fourth-order valence-corrected chi connectivity index (χ4v) is 3.08. The molecule has 2 aromatic rings. The summed E-state index contributed by atoms with van der Waals surface area (Å²) in [6.07, 6.45) is 0.991. The van der Waals surface area contributed by atoms with Crippen molar-refractivity contribution in [1.82, 2.24) is 4.90 Å². The van der Waals surface area contributed by atoms with Gasteiger partial charge in [-0.05, 0) is 47.9 Å². The molecule has 2 N–H and O–H groups in total. The predicted octanol–water partition coefficient (Wildman–Crippen LogP) is 3.73. The van der Waals surface area contributed by atoms with Crippen LogP contribution < -0.4 is 5.73 Å². The maximum Gasteiger partial charge on any atom is 0.127 e. The summed E-state index contributed by atoms with van der Waals surface area (Å²) in [5.41, 5.74) is 9.97. The lowest BCUT2D eigenvalue weighted by atomic mass is 9.98. The Kier molecular flexibility index (Phi) is 3.76. The normalized spacial score (nSPS) is 15.1. The van der Waals surface area contributed by atoms with E-state index < -0.39 is 0 Å².